The van der Waals surface area contributed by atoms with Gasteiger partial charge in [0.05, 0.1) is 17.6 Å². The summed E-state index contributed by atoms with van der Waals surface area (Å²) >= 11 is 0. The highest BCUT2D eigenvalue weighted by Crippen LogP contribution is 2.58. The molecule has 0 aromatic heterocycles. The maximum absolute atomic E-state index is 10.2. The molecule has 0 radical (unpaired) electrons. The van der Waals surface area contributed by atoms with Crippen LogP contribution in [0.2, 0.25) is 0 Å². The highest BCUT2D eigenvalue weighted by molar-refractivity contribution is 6.13. The van der Waals surface area contributed by atoms with Crippen LogP contribution in [0.4, 0.5) is 11.4 Å². The molecule has 0 bridgehead atoms. The molecule has 1 atom stereocenters. The van der Waals surface area contributed by atoms with Crippen molar-refractivity contribution in [3.05, 3.63) is 258 Å². The van der Waals surface area contributed by atoms with Gasteiger partial charge in [0.25, 0.3) is 0 Å². The molecule has 0 fully saturated rings. The molecule has 66 heavy (non-hydrogen) atoms. The van der Waals surface area contributed by atoms with E-state index in [1.807, 2.05) is 62.4 Å². The first-order chi connectivity index (χ1) is 32.3. The topological polar surface area (TPSA) is 84.2 Å². The van der Waals surface area contributed by atoms with Gasteiger partial charge in [-0.05, 0) is 121 Å². The third-order valence-electron chi connectivity index (χ3n) is 12.4. The maximum Gasteiger partial charge on any atom is 0.168 e. The Morgan fingerprint density at radius 1 is 0.561 bits per heavy atom. The van der Waals surface area contributed by atoms with Gasteiger partial charge in [0.1, 0.15) is 5.76 Å². The van der Waals surface area contributed by atoms with Crippen molar-refractivity contribution in [2.75, 3.05) is 18.1 Å². The number of hydrogen-bond acceptors (Lipinski definition) is 5. The van der Waals surface area contributed by atoms with Crippen LogP contribution in [-0.4, -0.2) is 33.6 Å². The van der Waals surface area contributed by atoms with Crippen LogP contribution in [0.25, 0.3) is 49.4 Å². The van der Waals surface area contributed by atoms with E-state index in [0.717, 1.165) is 51.5 Å². The minimum absolute atomic E-state index is 0.0458. The Morgan fingerprint density at radius 2 is 1.21 bits per heavy atom. The van der Waals surface area contributed by atoms with Crippen LogP contribution in [0.3, 0.4) is 0 Å². The molecule has 8 aromatic rings. The lowest BCUT2D eigenvalue weighted by atomic mass is 9.66. The second-order valence-corrected chi connectivity index (χ2v) is 16.1. The normalized spacial score (nSPS) is 14.9. The largest absolute Gasteiger partial charge is 0.508 e. The molecule has 5 nitrogen and oxygen atoms in total. The molecular formula is C61H55NO4. The fourth-order valence-electron chi connectivity index (χ4n) is 9.64. The van der Waals surface area contributed by atoms with Crippen LogP contribution in [0.1, 0.15) is 48.9 Å². The van der Waals surface area contributed by atoms with Crippen molar-refractivity contribution in [3.8, 4) is 22.3 Å². The van der Waals surface area contributed by atoms with E-state index in [1.54, 1.807) is 6.07 Å². The van der Waals surface area contributed by atoms with Crippen molar-refractivity contribution in [1.82, 2.24) is 0 Å². The first-order valence-corrected chi connectivity index (χ1v) is 22.6. The molecule has 0 aliphatic heterocycles. The average molecular weight is 866 g/mol. The smallest absolute Gasteiger partial charge is 0.168 e. The van der Waals surface area contributed by atoms with Crippen LogP contribution in [0, 0.1) is 0 Å². The lowest BCUT2D eigenvalue weighted by molar-refractivity contribution is 0.305. The van der Waals surface area contributed by atoms with Gasteiger partial charge < -0.3 is 25.3 Å². The van der Waals surface area contributed by atoms with Crippen LogP contribution < -0.4 is 4.90 Å². The second-order valence-electron chi connectivity index (χ2n) is 16.1. The van der Waals surface area contributed by atoms with E-state index in [2.05, 4.69) is 164 Å². The molecule has 4 N–H and O–H groups in total. The Morgan fingerprint density at radius 3 is 1.91 bits per heavy atom. The van der Waals surface area contributed by atoms with Gasteiger partial charge in [-0.3, -0.25) is 0 Å². The van der Waals surface area contributed by atoms with E-state index >= 15 is 0 Å². The third kappa shape index (κ3) is 8.33. The predicted molar refractivity (Wildman–Crippen MR) is 277 cm³/mol. The molecule has 5 heteroatoms. The molecule has 2 aliphatic carbocycles. The average Bonchev–Trinajstić information content (AvgIpc) is 3.67. The van der Waals surface area contributed by atoms with Gasteiger partial charge in [-0.2, -0.15) is 0 Å². The highest BCUT2D eigenvalue weighted by atomic mass is 16.3. The third-order valence-corrected chi connectivity index (χ3v) is 12.4. The van der Waals surface area contributed by atoms with E-state index in [1.165, 1.54) is 38.8 Å². The van der Waals surface area contributed by atoms with E-state index in [0.29, 0.717) is 12.1 Å². The predicted octanol–water partition coefficient (Wildman–Crippen LogP) is 15.5. The van der Waals surface area contributed by atoms with Gasteiger partial charge in [0.15, 0.2) is 11.5 Å². The van der Waals surface area contributed by atoms with Crippen LogP contribution in [0.5, 0.6) is 0 Å². The molecular weight excluding hydrogens is 811 g/mol. The zero-order valence-electron chi connectivity index (χ0n) is 37.5. The SMILES string of the molecule is C=C(O)/C(O)=C(\C(=C)O)c1cccc(-c2cc3ccccc3c3ccccc23)c1.CC.OCCN(c1ccccc1)c1ccc2c(c1)C(C1=CCCC=C1)(c1ccccc1)c1ccccc1-2. The number of hydrogen-bond donors (Lipinski definition) is 4. The summed E-state index contributed by atoms with van der Waals surface area (Å²) < 4.78 is 0. The number of fused-ring (bicyclic) bond motifs is 6. The lowest BCUT2D eigenvalue weighted by Gasteiger charge is -2.36. The fourth-order valence-corrected chi connectivity index (χ4v) is 9.64. The summed E-state index contributed by atoms with van der Waals surface area (Å²) in [5.41, 5.74) is 12.2. The number of para-hydroxylation sites is 1. The standard InChI is InChI=1S/C33H29NO.C26H20O3.C2H6/c35-23-22-34(27-16-8-3-9-17-27)28-20-21-30-29-18-10-11-19-31(29)33(32(30)24-28,25-12-4-1-5-13-25)26-14-6-2-7-15-26;1-16(27)25(26(29)17(2)28)20-10-7-9-18(14-20)24-15-19-8-3-4-11-21(19)22-12-5-6-13-23(22)24;1-2/h1,3-6,8-21,24,35H,2,7,22-23H2;3-15,27-29H,1-2H2;1-2H3/b;26-25-;. The van der Waals surface area contributed by atoms with Crippen LogP contribution in [-0.2, 0) is 5.41 Å². The summed E-state index contributed by atoms with van der Waals surface area (Å²) in [6.45, 7) is 11.5. The molecule has 0 spiro atoms. The lowest BCUT2D eigenvalue weighted by Crippen LogP contribution is -2.30. The maximum atomic E-state index is 10.2. The fraction of sp³-hybridized carbons (Fsp3) is 0.115. The van der Waals surface area contributed by atoms with Crippen molar-refractivity contribution in [1.29, 1.82) is 0 Å². The Hall–Kier alpha value is -7.86. The number of aliphatic hydroxyl groups is 4. The monoisotopic (exact) mass is 865 g/mol. The van der Waals surface area contributed by atoms with Gasteiger partial charge in [0.2, 0.25) is 0 Å². The summed E-state index contributed by atoms with van der Waals surface area (Å²) in [4.78, 5) is 2.21. The Labute approximate surface area is 388 Å². The molecule has 0 amide bonds. The Balaban J connectivity index is 0.000000176. The van der Waals surface area contributed by atoms with Gasteiger partial charge in [0, 0.05) is 17.9 Å². The number of aliphatic hydroxyl groups excluding tert-OH is 4. The number of nitrogens with zero attached hydrogens (tertiary/aromatic N) is 1. The number of rotatable bonds is 10. The number of allylic oxidation sites excluding steroid dienone is 5. The van der Waals surface area contributed by atoms with Crippen molar-refractivity contribution in [3.63, 3.8) is 0 Å². The quantitative estimate of drug-likeness (QED) is 0.0625. The van der Waals surface area contributed by atoms with Crippen molar-refractivity contribution >= 4 is 38.5 Å². The van der Waals surface area contributed by atoms with E-state index < -0.39 is 11.5 Å². The minimum Gasteiger partial charge on any atom is -0.508 e. The van der Waals surface area contributed by atoms with Crippen LogP contribution in [0.15, 0.2) is 236 Å². The van der Waals surface area contributed by atoms with Crippen molar-refractivity contribution in [2.24, 2.45) is 0 Å². The van der Waals surface area contributed by atoms with Crippen molar-refractivity contribution < 1.29 is 20.4 Å². The number of anilines is 2. The zero-order chi connectivity index (χ0) is 46.2. The first-order valence-electron chi connectivity index (χ1n) is 22.6. The molecule has 2 aliphatic rings. The van der Waals surface area contributed by atoms with Crippen LogP contribution >= 0.6 is 0 Å². The highest BCUT2D eigenvalue weighted by Gasteiger charge is 2.47. The zero-order valence-corrected chi connectivity index (χ0v) is 37.5. The summed E-state index contributed by atoms with van der Waals surface area (Å²) in [5, 5.41) is 44.3. The van der Waals surface area contributed by atoms with Crippen molar-refractivity contribution in [2.45, 2.75) is 32.1 Å². The van der Waals surface area contributed by atoms with E-state index in [-0.39, 0.29) is 23.4 Å². The minimum atomic E-state index is -0.531. The molecule has 0 saturated heterocycles. The summed E-state index contributed by atoms with van der Waals surface area (Å²) in [6, 6.07) is 63.0. The summed E-state index contributed by atoms with van der Waals surface area (Å²) in [6.07, 6.45) is 9.21. The molecule has 328 valence electrons. The van der Waals surface area contributed by atoms with E-state index in [9.17, 15) is 20.4 Å². The second kappa shape index (κ2) is 19.9. The van der Waals surface area contributed by atoms with Gasteiger partial charge in [-0.1, -0.05) is 191 Å². The molecule has 1 unspecified atom stereocenters. The Kier molecular flexibility index (Phi) is 13.5. The molecule has 0 saturated carbocycles. The Bertz CT molecular complexity index is 3140. The molecule has 0 heterocycles. The first kappa shape index (κ1) is 44.7. The molecule has 8 aromatic carbocycles. The summed E-state index contributed by atoms with van der Waals surface area (Å²) in [5.74, 6) is -1.38. The van der Waals surface area contributed by atoms with Gasteiger partial charge in [-0.15, -0.1) is 0 Å². The molecule has 10 rings (SSSR count). The van der Waals surface area contributed by atoms with Gasteiger partial charge in [-0.25, -0.2) is 0 Å². The number of benzene rings is 8. The van der Waals surface area contributed by atoms with E-state index in [4.69, 9.17) is 0 Å². The van der Waals surface area contributed by atoms with Gasteiger partial charge >= 0.3 is 0 Å². The summed E-state index contributed by atoms with van der Waals surface area (Å²) in [7, 11) is 0.